The molecule has 2 aliphatic carbocycles. The number of rotatable bonds is 11. The van der Waals surface area contributed by atoms with Crippen LogP contribution in [0.25, 0.3) is 22.0 Å². The zero-order chi connectivity index (χ0) is 55.0. The molecule has 11 aliphatic rings. The first-order chi connectivity index (χ1) is 38.8. The smallest absolute Gasteiger partial charge is 0.324 e. The number of nitrogens with zero attached hydrogens (tertiary/aromatic N) is 8. The molecule has 1 unspecified atom stereocenters. The number of likely N-dealkylation sites (tertiary alicyclic amines) is 2. The molecule has 17 nitrogen and oxygen atoms in total. The van der Waals surface area contributed by atoms with Crippen LogP contribution < -0.4 is 16.1 Å². The summed E-state index contributed by atoms with van der Waals surface area (Å²) in [5.74, 6) is 0.479. The lowest BCUT2D eigenvalue weighted by molar-refractivity contribution is -0.155. The monoisotopic (exact) mass is 1100 g/mol. The third-order valence-electron chi connectivity index (χ3n) is 21.1. The number of esters is 1. The topological polar surface area (TPSA) is 169 Å². The summed E-state index contributed by atoms with van der Waals surface area (Å²) in [5, 5.41) is 9.74. The number of aryl methyl sites for hydroxylation is 1. The Morgan fingerprint density at radius 3 is 2.55 bits per heavy atom. The van der Waals surface area contributed by atoms with Gasteiger partial charge in [-0.25, -0.2) is 5.43 Å². The lowest BCUT2D eigenvalue weighted by atomic mass is 9.83. The fourth-order valence-electron chi connectivity index (χ4n) is 16.4. The van der Waals surface area contributed by atoms with Gasteiger partial charge in [-0.3, -0.25) is 54.1 Å². The molecule has 3 amide bonds. The minimum Gasteiger partial charge on any atom is -0.464 e. The van der Waals surface area contributed by atoms with E-state index in [2.05, 4.69) is 103 Å². The van der Waals surface area contributed by atoms with Crippen molar-refractivity contribution in [3.05, 3.63) is 46.8 Å². The highest BCUT2D eigenvalue weighted by atomic mass is 16.5. The molecule has 1 aromatic carbocycles. The fourth-order valence-corrected chi connectivity index (χ4v) is 16.4. The summed E-state index contributed by atoms with van der Waals surface area (Å²) in [4.78, 5) is 76.1. The van der Waals surface area contributed by atoms with E-state index in [1.807, 2.05) is 0 Å². The van der Waals surface area contributed by atoms with Crippen molar-refractivity contribution in [3.63, 3.8) is 0 Å². The highest BCUT2D eigenvalue weighted by Gasteiger charge is 2.55. The molecule has 2 aromatic rings. The summed E-state index contributed by atoms with van der Waals surface area (Å²) in [7, 11) is 1.78. The van der Waals surface area contributed by atoms with Crippen molar-refractivity contribution in [3.8, 4) is 0 Å². The number of fused-ring (bicyclic) bond motifs is 7. The molecule has 10 atom stereocenters. The molecule has 0 radical (unpaired) electrons. The van der Waals surface area contributed by atoms with E-state index in [0.717, 1.165) is 122 Å². The summed E-state index contributed by atoms with van der Waals surface area (Å²) < 4.78 is 15.0. The number of aliphatic imine (C=N–C) groups is 1. The van der Waals surface area contributed by atoms with E-state index in [9.17, 15) is 9.59 Å². The molecular formula is C63H91N11O6. The predicted molar refractivity (Wildman–Crippen MR) is 310 cm³/mol. The largest absolute Gasteiger partial charge is 0.464 e. The van der Waals surface area contributed by atoms with Gasteiger partial charge in [0, 0.05) is 131 Å². The summed E-state index contributed by atoms with van der Waals surface area (Å²) in [6.45, 7) is 19.4. The molecule has 6 bridgehead atoms. The Morgan fingerprint density at radius 2 is 1.74 bits per heavy atom. The van der Waals surface area contributed by atoms with Gasteiger partial charge in [0.2, 0.25) is 11.8 Å². The van der Waals surface area contributed by atoms with E-state index in [1.54, 1.807) is 12.1 Å². The number of ether oxygens (including phenoxy) is 2. The van der Waals surface area contributed by atoms with Crippen molar-refractivity contribution < 1.29 is 28.7 Å². The van der Waals surface area contributed by atoms with Crippen LogP contribution in [0.1, 0.15) is 134 Å². The zero-order valence-corrected chi connectivity index (χ0v) is 48.7. The van der Waals surface area contributed by atoms with Gasteiger partial charge in [-0.15, -0.1) is 0 Å². The summed E-state index contributed by atoms with van der Waals surface area (Å²) >= 11 is 0. The number of nitrogens with one attached hydrogen (secondary N) is 3. The quantitative estimate of drug-likeness (QED) is 0.192. The van der Waals surface area contributed by atoms with Crippen molar-refractivity contribution in [1.29, 1.82) is 0 Å². The highest BCUT2D eigenvalue weighted by molar-refractivity contribution is 5.95. The number of benzene rings is 1. The van der Waals surface area contributed by atoms with Crippen LogP contribution in [0.2, 0.25) is 0 Å². The Balaban J connectivity index is 0.805. The maximum Gasteiger partial charge on any atom is 0.324 e. The molecule has 8 fully saturated rings. The first-order valence-corrected chi connectivity index (χ1v) is 31.4. The average molecular weight is 1100 g/mol. The number of hydrazine groups is 1. The Labute approximate surface area is 474 Å². The van der Waals surface area contributed by atoms with Gasteiger partial charge in [-0.1, -0.05) is 38.8 Å². The Hall–Kier alpha value is -4.49. The number of hydrogen-bond acceptors (Lipinski definition) is 13. The molecule has 6 saturated heterocycles. The van der Waals surface area contributed by atoms with Crippen molar-refractivity contribution >= 4 is 52.0 Å². The van der Waals surface area contributed by atoms with Crippen molar-refractivity contribution in [2.24, 2.45) is 27.7 Å². The number of hydrogen-bond donors (Lipinski definition) is 3. The minimum absolute atomic E-state index is 0.0179. The van der Waals surface area contributed by atoms with Gasteiger partial charge >= 0.3 is 5.97 Å². The van der Waals surface area contributed by atoms with E-state index in [4.69, 9.17) is 14.5 Å². The fraction of sp³-hybridized carbons (Fsp3) is 0.730. The van der Waals surface area contributed by atoms with Crippen LogP contribution in [0, 0.1) is 22.7 Å². The summed E-state index contributed by atoms with van der Waals surface area (Å²) in [5.41, 5.74) is 11.1. The maximum absolute atomic E-state index is 15.3. The third kappa shape index (κ3) is 10.8. The second-order valence-electron chi connectivity index (χ2n) is 27.2. The number of methoxy groups -OCH3 is 1. The Kier molecular flexibility index (Phi) is 15.2. The standard InChI is InChI=1S/C63H91N11O6/c1-6-73-52-20-19-43-30-47(52)49(57(73)48-31-46(33-64-53(48)40(2)79-5)70-29-28-69-24-10-15-45(69)35-70)32-62(3,4)39-80-61(78)50-16-11-25-74(67-50)59(76)51(36-68-23-9-14-44(43)34-68)65-58(75)56(42-12-7-8-13-42)71-26-21-63(37-71)22-27-72(38-63)60(77)55-54(66-55)41-17-18-41/h14,19-20,30,33,40-42,45-46,50-51,54-56,66-67H,6-13,15-18,21-29,31-32,34-39H2,1-5H3,(H,65,75)/t40-,45+,46+,50-,51-,54+,55+,56-,63-/m0/s1. The normalized spacial score (nSPS) is 33.5. The molecule has 434 valence electrons. The van der Waals surface area contributed by atoms with Gasteiger partial charge in [0.1, 0.15) is 18.1 Å². The molecule has 1 spiro atoms. The van der Waals surface area contributed by atoms with Crippen LogP contribution in [-0.4, -0.2) is 205 Å². The number of amides is 3. The second-order valence-corrected chi connectivity index (χ2v) is 27.2. The van der Waals surface area contributed by atoms with Gasteiger partial charge in [0.25, 0.3) is 5.91 Å². The number of piperazine rings is 1. The lowest BCUT2D eigenvalue weighted by Crippen LogP contribution is -2.63. The lowest BCUT2D eigenvalue weighted by Gasteiger charge is -2.42. The van der Waals surface area contributed by atoms with E-state index < -0.39 is 17.5 Å². The highest BCUT2D eigenvalue weighted by Crippen LogP contribution is 2.46. The van der Waals surface area contributed by atoms with Gasteiger partial charge in [0.05, 0.1) is 30.1 Å². The van der Waals surface area contributed by atoms with Crippen molar-refractivity contribution in [2.75, 3.05) is 92.3 Å². The molecule has 1 aromatic heterocycles. The minimum atomic E-state index is -0.844. The molecule has 13 rings (SSSR count). The maximum atomic E-state index is 15.3. The van der Waals surface area contributed by atoms with Crippen molar-refractivity contribution in [2.45, 2.75) is 179 Å². The first-order valence-electron chi connectivity index (χ1n) is 31.4. The first kappa shape index (κ1) is 54.7. The summed E-state index contributed by atoms with van der Waals surface area (Å²) in [6, 6.07) is 6.21. The van der Waals surface area contributed by atoms with E-state index in [-0.39, 0.29) is 65.9 Å². The van der Waals surface area contributed by atoms with Crippen LogP contribution in [0.3, 0.4) is 0 Å². The van der Waals surface area contributed by atoms with Gasteiger partial charge in [-0.05, 0) is 151 Å². The molecule has 9 aliphatic heterocycles. The molecule has 80 heavy (non-hydrogen) atoms. The van der Waals surface area contributed by atoms with Crippen LogP contribution in [0.4, 0.5) is 0 Å². The molecule has 17 heteroatoms. The average Bonchev–Trinajstić information content (AvgIpc) is 4.25. The Morgan fingerprint density at radius 1 is 0.925 bits per heavy atom. The number of carbonyl (C=O) groups excluding carboxylic acids is 4. The second kappa shape index (κ2) is 22.3. The third-order valence-corrected chi connectivity index (χ3v) is 21.1. The summed E-state index contributed by atoms with van der Waals surface area (Å²) in [6.07, 6.45) is 19.0. The molecule has 3 N–H and O–H groups in total. The van der Waals surface area contributed by atoms with E-state index in [1.165, 1.54) is 65.5 Å². The van der Waals surface area contributed by atoms with E-state index in [0.29, 0.717) is 56.9 Å². The number of carbonyl (C=O) groups is 4. The molecule has 10 heterocycles. The van der Waals surface area contributed by atoms with Crippen LogP contribution >= 0.6 is 0 Å². The number of aromatic nitrogens is 1. The van der Waals surface area contributed by atoms with Gasteiger partial charge < -0.3 is 24.3 Å². The predicted octanol–water partition coefficient (Wildman–Crippen LogP) is 5.46. The van der Waals surface area contributed by atoms with Crippen LogP contribution in [0.5, 0.6) is 0 Å². The number of cyclic esters (lactones) is 1. The van der Waals surface area contributed by atoms with Gasteiger partial charge in [0.15, 0.2) is 0 Å². The van der Waals surface area contributed by atoms with Crippen LogP contribution in [-0.2, 0) is 41.6 Å². The zero-order valence-electron chi connectivity index (χ0n) is 48.7. The van der Waals surface area contributed by atoms with Crippen molar-refractivity contribution in [1.82, 2.24) is 50.1 Å². The SMILES string of the molecule is CCn1c(C2=C([C@H](C)OC)N=C[C@H](N3CCN4CCC[C@@H]4C3)C2)c2c3cc(ccc31)C1=CCCN(C1)C[C@H](NC(=O)[C@H](C1CCCC1)N1CC[C@]3(CCN(C(=O)[C@@H]4N[C@@H]4C4CC4)C3)C1)C(=O)N1CCC[C@H](N1)C(=O)OCC(C)(C)C2. The van der Waals surface area contributed by atoms with E-state index >= 15 is 9.59 Å². The van der Waals surface area contributed by atoms with Crippen LogP contribution in [0.15, 0.2) is 35.0 Å². The molecule has 2 saturated carbocycles. The molecular weight excluding hydrogens is 1010 g/mol. The Bertz CT molecular complexity index is 2810. The van der Waals surface area contributed by atoms with Gasteiger partial charge in [-0.2, -0.15) is 0 Å².